The molecule has 0 aliphatic carbocycles. The highest BCUT2D eigenvalue weighted by molar-refractivity contribution is 7.80. The zero-order valence-corrected chi connectivity index (χ0v) is 16.0. The van der Waals surface area contributed by atoms with E-state index in [-0.39, 0.29) is 0 Å². The molecule has 3 rings (SSSR count). The summed E-state index contributed by atoms with van der Waals surface area (Å²) < 4.78 is 0. The molecule has 3 nitrogen and oxygen atoms in total. The van der Waals surface area contributed by atoms with Crippen molar-refractivity contribution in [2.24, 2.45) is 0 Å². The van der Waals surface area contributed by atoms with Gasteiger partial charge in [-0.15, -0.1) is 11.3 Å². The van der Waals surface area contributed by atoms with Crippen LogP contribution in [0.4, 0.5) is 5.69 Å². The van der Waals surface area contributed by atoms with Gasteiger partial charge >= 0.3 is 0 Å². The second-order valence-electron chi connectivity index (χ2n) is 6.36. The van der Waals surface area contributed by atoms with Gasteiger partial charge in [0.1, 0.15) is 0 Å². The molecule has 2 aromatic rings. The molecule has 1 aliphatic rings. The largest absolute Gasteiger partial charge is 0.360 e. The summed E-state index contributed by atoms with van der Waals surface area (Å²) >= 11 is 7.36. The summed E-state index contributed by atoms with van der Waals surface area (Å²) in [6.07, 6.45) is 2.60. The summed E-state index contributed by atoms with van der Waals surface area (Å²) in [7, 11) is 0. The Morgan fingerprint density at radius 3 is 2.71 bits per heavy atom. The third-order valence-corrected chi connectivity index (χ3v) is 5.98. The summed E-state index contributed by atoms with van der Waals surface area (Å²) in [5.41, 5.74) is 3.61. The second-order valence-corrected chi connectivity index (χ2v) is 7.74. The molecular formula is C19H25N3S2. The van der Waals surface area contributed by atoms with Gasteiger partial charge in [0.25, 0.3) is 0 Å². The normalized spacial score (nSPS) is 16.1. The molecule has 2 heterocycles. The second kappa shape index (κ2) is 8.10. The number of rotatable bonds is 5. The Morgan fingerprint density at radius 2 is 2.00 bits per heavy atom. The van der Waals surface area contributed by atoms with Crippen LogP contribution in [0.3, 0.4) is 0 Å². The van der Waals surface area contributed by atoms with Gasteiger partial charge in [-0.3, -0.25) is 4.90 Å². The molecule has 24 heavy (non-hydrogen) atoms. The third-order valence-electron chi connectivity index (χ3n) is 4.76. The van der Waals surface area contributed by atoms with Gasteiger partial charge in [0, 0.05) is 17.1 Å². The lowest BCUT2D eigenvalue weighted by Crippen LogP contribution is -2.38. The Hall–Kier alpha value is -1.43. The van der Waals surface area contributed by atoms with Crippen LogP contribution in [0.2, 0.25) is 0 Å². The first-order valence-corrected chi connectivity index (χ1v) is 9.82. The molecule has 0 unspecified atom stereocenters. The maximum absolute atomic E-state index is 5.52. The molecule has 0 spiro atoms. The van der Waals surface area contributed by atoms with Gasteiger partial charge < -0.3 is 10.6 Å². The minimum Gasteiger partial charge on any atom is -0.360 e. The Kier molecular flexibility index (Phi) is 5.87. The third kappa shape index (κ3) is 4.15. The van der Waals surface area contributed by atoms with Crippen molar-refractivity contribution in [3.63, 3.8) is 0 Å². The number of nitrogens with one attached hydrogen (secondary N) is 2. The molecule has 0 amide bonds. The monoisotopic (exact) mass is 359 g/mol. The van der Waals surface area contributed by atoms with E-state index >= 15 is 0 Å². The van der Waals surface area contributed by atoms with Crippen LogP contribution in [-0.4, -0.2) is 29.6 Å². The summed E-state index contributed by atoms with van der Waals surface area (Å²) in [6, 6.07) is 11.0. The lowest BCUT2D eigenvalue weighted by atomic mass is 10.1. The predicted octanol–water partition coefficient (Wildman–Crippen LogP) is 4.49. The van der Waals surface area contributed by atoms with Crippen molar-refractivity contribution in [1.29, 1.82) is 0 Å². The summed E-state index contributed by atoms with van der Waals surface area (Å²) in [5.74, 6) is 0. The zero-order valence-electron chi connectivity index (χ0n) is 14.3. The van der Waals surface area contributed by atoms with E-state index in [1.54, 1.807) is 0 Å². The number of aryl methyl sites for hydroxylation is 1. The van der Waals surface area contributed by atoms with Crippen LogP contribution in [0.1, 0.15) is 34.9 Å². The molecular weight excluding hydrogens is 334 g/mol. The van der Waals surface area contributed by atoms with Crippen LogP contribution >= 0.6 is 23.6 Å². The molecule has 0 radical (unpaired) electrons. The first-order valence-electron chi connectivity index (χ1n) is 8.53. The summed E-state index contributed by atoms with van der Waals surface area (Å²) in [4.78, 5) is 3.98. The summed E-state index contributed by atoms with van der Waals surface area (Å²) in [6.45, 7) is 7.45. The van der Waals surface area contributed by atoms with E-state index in [2.05, 4.69) is 65.1 Å². The quantitative estimate of drug-likeness (QED) is 0.769. The van der Waals surface area contributed by atoms with Crippen LogP contribution in [-0.2, 0) is 0 Å². The van der Waals surface area contributed by atoms with E-state index in [4.69, 9.17) is 12.2 Å². The highest BCUT2D eigenvalue weighted by atomic mass is 32.1. The van der Waals surface area contributed by atoms with Crippen LogP contribution in [0.5, 0.6) is 0 Å². The molecule has 2 N–H and O–H groups in total. The first kappa shape index (κ1) is 17.4. The molecule has 1 aliphatic heterocycles. The number of thiophene rings is 1. The van der Waals surface area contributed by atoms with Crippen molar-refractivity contribution in [2.75, 3.05) is 25.0 Å². The van der Waals surface area contributed by atoms with Crippen LogP contribution in [0.15, 0.2) is 35.7 Å². The fourth-order valence-electron chi connectivity index (χ4n) is 3.19. The number of benzene rings is 1. The Balaban J connectivity index is 1.62. The van der Waals surface area contributed by atoms with Crippen LogP contribution in [0.25, 0.3) is 0 Å². The van der Waals surface area contributed by atoms with Gasteiger partial charge in [-0.2, -0.15) is 0 Å². The Morgan fingerprint density at radius 1 is 1.21 bits per heavy atom. The molecule has 1 aromatic carbocycles. The molecule has 0 bridgehead atoms. The lowest BCUT2D eigenvalue weighted by molar-refractivity contribution is 0.249. The average molecular weight is 360 g/mol. The maximum Gasteiger partial charge on any atom is 0.170 e. The fraction of sp³-hybridized carbons (Fsp3) is 0.421. The SMILES string of the molecule is Cc1cccc(NC(=S)NC[C@H](c2cccs2)N2CCCC2)c1C. The van der Waals surface area contributed by atoms with Gasteiger partial charge in [-0.05, 0) is 80.6 Å². The minimum atomic E-state index is 0.408. The van der Waals surface area contributed by atoms with Crippen LogP contribution in [0, 0.1) is 13.8 Å². The van der Waals surface area contributed by atoms with E-state index in [1.807, 2.05) is 11.3 Å². The predicted molar refractivity (Wildman–Crippen MR) is 108 cm³/mol. The van der Waals surface area contributed by atoms with Crippen molar-refractivity contribution in [3.05, 3.63) is 51.7 Å². The number of nitrogens with zero attached hydrogens (tertiary/aromatic N) is 1. The zero-order chi connectivity index (χ0) is 16.9. The number of thiocarbonyl (C=S) groups is 1. The van der Waals surface area contributed by atoms with Gasteiger partial charge in [-0.1, -0.05) is 18.2 Å². The highest BCUT2D eigenvalue weighted by Crippen LogP contribution is 2.28. The van der Waals surface area contributed by atoms with Crippen molar-refractivity contribution in [2.45, 2.75) is 32.7 Å². The first-order chi connectivity index (χ1) is 11.6. The van der Waals surface area contributed by atoms with Crippen molar-refractivity contribution < 1.29 is 0 Å². The standard InChI is InChI=1S/C19H25N3S2/c1-14-7-5-8-16(15(14)2)21-19(23)20-13-17(18-9-6-12-24-18)22-10-3-4-11-22/h5-9,12,17H,3-4,10-11,13H2,1-2H3,(H2,20,21,23)/t17-/m1/s1. The van der Waals surface area contributed by atoms with E-state index in [0.717, 1.165) is 12.2 Å². The number of hydrogen-bond donors (Lipinski definition) is 2. The van der Waals surface area contributed by atoms with Crippen molar-refractivity contribution >= 4 is 34.4 Å². The van der Waals surface area contributed by atoms with Gasteiger partial charge in [0.2, 0.25) is 0 Å². The summed E-state index contributed by atoms with van der Waals surface area (Å²) in [5, 5.41) is 9.63. The molecule has 5 heteroatoms. The highest BCUT2D eigenvalue weighted by Gasteiger charge is 2.24. The number of hydrogen-bond acceptors (Lipinski definition) is 3. The smallest absolute Gasteiger partial charge is 0.170 e. The molecule has 1 atom stereocenters. The topological polar surface area (TPSA) is 27.3 Å². The van der Waals surface area contributed by atoms with E-state index in [1.165, 1.54) is 41.9 Å². The molecule has 1 aromatic heterocycles. The average Bonchev–Trinajstić information content (AvgIpc) is 3.26. The fourth-order valence-corrected chi connectivity index (χ4v) is 4.24. The van der Waals surface area contributed by atoms with Gasteiger partial charge in [-0.25, -0.2) is 0 Å². The minimum absolute atomic E-state index is 0.408. The molecule has 0 saturated carbocycles. The molecule has 1 fully saturated rings. The van der Waals surface area contributed by atoms with Crippen molar-refractivity contribution in [1.82, 2.24) is 10.2 Å². The van der Waals surface area contributed by atoms with Crippen LogP contribution < -0.4 is 10.6 Å². The lowest BCUT2D eigenvalue weighted by Gasteiger charge is -2.27. The van der Waals surface area contributed by atoms with Gasteiger partial charge in [0.15, 0.2) is 5.11 Å². The number of likely N-dealkylation sites (tertiary alicyclic amines) is 1. The molecule has 128 valence electrons. The number of anilines is 1. The van der Waals surface area contributed by atoms with Gasteiger partial charge in [0.05, 0.1) is 6.04 Å². The van der Waals surface area contributed by atoms with Crippen molar-refractivity contribution in [3.8, 4) is 0 Å². The molecule has 1 saturated heterocycles. The Labute approximate surface area is 154 Å². The Bertz CT molecular complexity index is 676. The van der Waals surface area contributed by atoms with E-state index in [9.17, 15) is 0 Å². The van der Waals surface area contributed by atoms with E-state index < -0.39 is 0 Å². The van der Waals surface area contributed by atoms with E-state index in [0.29, 0.717) is 11.2 Å². The maximum atomic E-state index is 5.52.